The Kier molecular flexibility index (Phi) is 6.03. The second kappa shape index (κ2) is 8.46. The molecule has 0 heterocycles. The van der Waals surface area contributed by atoms with Crippen molar-refractivity contribution in [3.05, 3.63) is 120 Å². The van der Waals surface area contributed by atoms with Crippen molar-refractivity contribution >= 4 is 8.80 Å². The fourth-order valence-electron chi connectivity index (χ4n) is 3.28. The summed E-state index contributed by atoms with van der Waals surface area (Å²) in [5, 5.41) is 0. The van der Waals surface area contributed by atoms with E-state index in [1.165, 1.54) is 0 Å². The fourth-order valence-corrected chi connectivity index (χ4v) is 4.81. The Hall–Kier alpha value is -2.50. The predicted octanol–water partition coefficient (Wildman–Crippen LogP) is 4.95. The fraction of sp³-hybridized carbons (Fsp3) is 0.130. The molecule has 3 aromatic carbocycles. The Morgan fingerprint density at radius 2 is 1.00 bits per heavy atom. The summed E-state index contributed by atoms with van der Waals surface area (Å²) in [6, 6.07) is 30.4. The second-order valence-electron chi connectivity index (χ2n) is 6.10. The molecule has 0 fully saturated rings. The molecule has 0 aliphatic heterocycles. The van der Waals surface area contributed by atoms with E-state index in [0.717, 1.165) is 16.7 Å². The van der Waals surface area contributed by atoms with E-state index in [1.807, 2.05) is 54.6 Å². The van der Waals surface area contributed by atoms with Crippen LogP contribution < -0.4 is 0 Å². The first-order valence-electron chi connectivity index (χ1n) is 8.81. The molecule has 0 unspecified atom stereocenters. The van der Waals surface area contributed by atoms with E-state index >= 15 is 0 Å². The quantitative estimate of drug-likeness (QED) is 0.411. The van der Waals surface area contributed by atoms with Gasteiger partial charge in [0.15, 0.2) is 0 Å². The van der Waals surface area contributed by atoms with Gasteiger partial charge in [-0.2, -0.15) is 0 Å². The van der Waals surface area contributed by atoms with Crippen molar-refractivity contribution < 1.29 is 13.3 Å². The molecule has 0 saturated carbocycles. The smallest absolute Gasteiger partial charge is 0.374 e. The lowest BCUT2D eigenvalue weighted by Gasteiger charge is -2.40. The molecule has 0 radical (unpaired) electrons. The highest BCUT2D eigenvalue weighted by Gasteiger charge is 2.48. The monoisotopic (exact) mass is 376 g/mol. The average Bonchev–Trinajstić information content (AvgIpc) is 2.77. The lowest BCUT2D eigenvalue weighted by atomic mass is 9.80. The first kappa shape index (κ1) is 19.3. The van der Waals surface area contributed by atoms with Crippen LogP contribution in [0.5, 0.6) is 0 Å². The molecule has 0 N–H and O–H groups in total. The lowest BCUT2D eigenvalue weighted by molar-refractivity contribution is 0.0382. The molecule has 3 aromatic rings. The number of hydrogen-bond acceptors (Lipinski definition) is 3. The summed E-state index contributed by atoms with van der Waals surface area (Å²) in [6.45, 7) is 3.93. The maximum Gasteiger partial charge on any atom is 0.529 e. The Morgan fingerprint density at radius 1 is 0.667 bits per heavy atom. The summed E-state index contributed by atoms with van der Waals surface area (Å²) < 4.78 is 18.3. The van der Waals surface area contributed by atoms with E-state index in [1.54, 1.807) is 19.9 Å². The molecule has 0 aliphatic carbocycles. The third-order valence-corrected chi connectivity index (χ3v) is 6.88. The molecular weight excluding hydrogens is 352 g/mol. The van der Waals surface area contributed by atoms with Crippen LogP contribution in [0, 0.1) is 0 Å². The minimum atomic E-state index is -3.14. The standard InChI is InChI=1S/C23H24O3Si/c1-4-27(24-2,25-3)26-23(20-14-8-5-9-15-20,21-16-10-6-11-17-21)22-18-12-7-13-19-22/h4-19H,1H2,2-3H3. The summed E-state index contributed by atoms with van der Waals surface area (Å²) in [6.07, 6.45) is 0. The van der Waals surface area contributed by atoms with E-state index in [0.29, 0.717) is 0 Å². The zero-order chi connectivity index (χ0) is 19.2. The summed E-state index contributed by atoms with van der Waals surface area (Å²) in [7, 11) is 0.0634. The first-order chi connectivity index (χ1) is 13.2. The molecule has 3 nitrogen and oxygen atoms in total. The summed E-state index contributed by atoms with van der Waals surface area (Å²) in [5.41, 5.74) is 3.76. The first-order valence-corrected chi connectivity index (χ1v) is 10.6. The van der Waals surface area contributed by atoms with E-state index < -0.39 is 14.4 Å². The van der Waals surface area contributed by atoms with Gasteiger partial charge in [-0.1, -0.05) is 97.6 Å². The van der Waals surface area contributed by atoms with Crippen molar-refractivity contribution in [3.8, 4) is 0 Å². The Labute approximate surface area is 162 Å². The molecule has 138 valence electrons. The van der Waals surface area contributed by atoms with Crippen LogP contribution in [0.1, 0.15) is 16.7 Å². The molecule has 0 bridgehead atoms. The molecule has 0 aliphatic rings. The highest BCUT2D eigenvalue weighted by molar-refractivity contribution is 6.66. The Bertz CT molecular complexity index is 750. The normalized spacial score (nSPS) is 11.9. The maximum atomic E-state index is 6.81. The molecular formula is C23H24O3Si. The average molecular weight is 377 g/mol. The van der Waals surface area contributed by atoms with Gasteiger partial charge in [0.05, 0.1) is 0 Å². The van der Waals surface area contributed by atoms with Crippen LogP contribution in [0.3, 0.4) is 0 Å². The van der Waals surface area contributed by atoms with Crippen LogP contribution in [-0.4, -0.2) is 23.0 Å². The number of hydrogen-bond donors (Lipinski definition) is 0. The molecule has 4 heteroatoms. The van der Waals surface area contributed by atoms with Crippen LogP contribution in [0.25, 0.3) is 0 Å². The van der Waals surface area contributed by atoms with Crippen LogP contribution in [0.2, 0.25) is 0 Å². The predicted molar refractivity (Wildman–Crippen MR) is 110 cm³/mol. The number of benzene rings is 3. The molecule has 3 rings (SSSR count). The Balaban J connectivity index is 2.34. The van der Waals surface area contributed by atoms with Crippen LogP contribution in [-0.2, 0) is 18.9 Å². The van der Waals surface area contributed by atoms with Crippen LogP contribution in [0.15, 0.2) is 103 Å². The van der Waals surface area contributed by atoms with Crippen molar-refractivity contribution in [1.29, 1.82) is 0 Å². The molecule has 0 spiro atoms. The van der Waals surface area contributed by atoms with E-state index in [2.05, 4.69) is 43.0 Å². The van der Waals surface area contributed by atoms with E-state index in [4.69, 9.17) is 13.3 Å². The van der Waals surface area contributed by atoms with Gasteiger partial charge in [-0.25, -0.2) is 0 Å². The third kappa shape index (κ3) is 3.66. The van der Waals surface area contributed by atoms with E-state index in [9.17, 15) is 0 Å². The zero-order valence-electron chi connectivity index (χ0n) is 15.7. The van der Waals surface area contributed by atoms with Gasteiger partial charge in [0, 0.05) is 14.2 Å². The third-order valence-electron chi connectivity index (χ3n) is 4.66. The van der Waals surface area contributed by atoms with Gasteiger partial charge in [-0.15, -0.1) is 0 Å². The molecule has 0 atom stereocenters. The highest BCUT2D eigenvalue weighted by atomic mass is 28.4. The molecule has 0 aromatic heterocycles. The Morgan fingerprint density at radius 3 is 1.26 bits per heavy atom. The van der Waals surface area contributed by atoms with Crippen LogP contribution in [0.4, 0.5) is 0 Å². The second-order valence-corrected chi connectivity index (χ2v) is 8.73. The molecule has 0 amide bonds. The van der Waals surface area contributed by atoms with Gasteiger partial charge in [0.25, 0.3) is 0 Å². The molecule has 27 heavy (non-hydrogen) atoms. The molecule has 0 saturated heterocycles. The summed E-state index contributed by atoms with van der Waals surface area (Å²) >= 11 is 0. The van der Waals surface area contributed by atoms with Gasteiger partial charge in [0.2, 0.25) is 0 Å². The van der Waals surface area contributed by atoms with Gasteiger partial charge in [-0.3, -0.25) is 0 Å². The van der Waals surface area contributed by atoms with Crippen molar-refractivity contribution in [2.24, 2.45) is 0 Å². The topological polar surface area (TPSA) is 27.7 Å². The zero-order valence-corrected chi connectivity index (χ0v) is 16.7. The van der Waals surface area contributed by atoms with Crippen molar-refractivity contribution in [2.45, 2.75) is 5.60 Å². The largest absolute Gasteiger partial charge is 0.529 e. The minimum absolute atomic E-state index is 0.893. The van der Waals surface area contributed by atoms with E-state index in [-0.39, 0.29) is 0 Å². The van der Waals surface area contributed by atoms with Gasteiger partial charge >= 0.3 is 8.80 Å². The van der Waals surface area contributed by atoms with Gasteiger partial charge in [0.1, 0.15) is 5.60 Å². The highest BCUT2D eigenvalue weighted by Crippen LogP contribution is 2.42. The summed E-state index contributed by atoms with van der Waals surface area (Å²) in [5.74, 6) is 0. The maximum absolute atomic E-state index is 6.81. The minimum Gasteiger partial charge on any atom is -0.374 e. The van der Waals surface area contributed by atoms with Gasteiger partial charge < -0.3 is 13.3 Å². The lowest BCUT2D eigenvalue weighted by Crippen LogP contribution is -2.50. The summed E-state index contributed by atoms with van der Waals surface area (Å²) in [4.78, 5) is 0. The van der Waals surface area contributed by atoms with Crippen molar-refractivity contribution in [3.63, 3.8) is 0 Å². The number of rotatable bonds is 8. The van der Waals surface area contributed by atoms with Crippen LogP contribution >= 0.6 is 0 Å². The van der Waals surface area contributed by atoms with Crippen molar-refractivity contribution in [2.75, 3.05) is 14.2 Å². The SMILES string of the molecule is C=C[Si](OC)(OC)OC(c1ccccc1)(c1ccccc1)c1ccccc1. The van der Waals surface area contributed by atoms with Gasteiger partial charge in [-0.05, 0) is 22.4 Å². The van der Waals surface area contributed by atoms with Crippen molar-refractivity contribution in [1.82, 2.24) is 0 Å².